The highest BCUT2D eigenvalue weighted by atomic mass is 16.5. The van der Waals surface area contributed by atoms with Crippen molar-refractivity contribution in [2.75, 3.05) is 0 Å². The van der Waals surface area contributed by atoms with Crippen LogP contribution in [0.2, 0.25) is 0 Å². The van der Waals surface area contributed by atoms with E-state index in [0.29, 0.717) is 24.3 Å². The molecule has 3 aromatic rings. The third kappa shape index (κ3) is 3.08. The highest BCUT2D eigenvalue weighted by Gasteiger charge is 2.39. The van der Waals surface area contributed by atoms with E-state index in [1.165, 1.54) is 10.5 Å². The van der Waals surface area contributed by atoms with Gasteiger partial charge in [-0.05, 0) is 31.0 Å². The number of benzene rings is 2. The van der Waals surface area contributed by atoms with Crippen LogP contribution < -0.4 is 5.32 Å². The van der Waals surface area contributed by atoms with Crippen LogP contribution in [0.25, 0.3) is 22.6 Å². The first-order chi connectivity index (χ1) is 14.5. The van der Waals surface area contributed by atoms with Gasteiger partial charge >= 0.3 is 0 Å². The fraction of sp³-hybridized carbons (Fsp3) is 0.217. The minimum absolute atomic E-state index is 0.191. The minimum atomic E-state index is -0.621. The Morgan fingerprint density at radius 1 is 1.03 bits per heavy atom. The molecule has 150 valence electrons. The summed E-state index contributed by atoms with van der Waals surface area (Å²) in [6.45, 7) is 2.36. The van der Waals surface area contributed by atoms with Gasteiger partial charge in [0.1, 0.15) is 11.7 Å². The number of hydrogen-bond donors (Lipinski definition) is 1. The molecule has 7 heteroatoms. The second-order valence-corrected chi connectivity index (χ2v) is 7.71. The molecule has 1 saturated heterocycles. The number of aromatic nitrogens is 1. The standard InChI is InChI=1S/C23H19N3O4/c1-13-2-4-14(5-3-13)18-11-20(30-25-18)15-6-7-17-16(10-15)12-26(23(17)29)19-8-9-21(27)24-22(19)28/h2-7,10-11,19H,8-9,12H2,1H3,(H,24,27,28). The Morgan fingerprint density at radius 3 is 2.57 bits per heavy atom. The molecule has 7 nitrogen and oxygen atoms in total. The van der Waals surface area contributed by atoms with Gasteiger partial charge in [0.15, 0.2) is 5.76 Å². The van der Waals surface area contributed by atoms with E-state index < -0.39 is 11.9 Å². The van der Waals surface area contributed by atoms with Crippen LogP contribution in [-0.2, 0) is 16.1 Å². The molecule has 3 heterocycles. The van der Waals surface area contributed by atoms with Crippen LogP contribution >= 0.6 is 0 Å². The second kappa shape index (κ2) is 6.95. The van der Waals surface area contributed by atoms with Crippen molar-refractivity contribution in [3.63, 3.8) is 0 Å². The lowest BCUT2D eigenvalue weighted by Gasteiger charge is -2.29. The molecular formula is C23H19N3O4. The smallest absolute Gasteiger partial charge is 0.255 e. The maximum atomic E-state index is 12.8. The molecular weight excluding hydrogens is 382 g/mol. The number of hydrogen-bond acceptors (Lipinski definition) is 5. The Hall–Kier alpha value is -3.74. The first kappa shape index (κ1) is 18.3. The van der Waals surface area contributed by atoms with Gasteiger partial charge in [-0.25, -0.2) is 0 Å². The summed E-state index contributed by atoms with van der Waals surface area (Å²) in [7, 11) is 0. The van der Waals surface area contributed by atoms with Crippen LogP contribution in [0.3, 0.4) is 0 Å². The van der Waals surface area contributed by atoms with E-state index in [2.05, 4.69) is 10.5 Å². The SMILES string of the molecule is Cc1ccc(-c2cc(-c3ccc4c(c3)CN(C3CCC(=O)NC3=O)C4=O)on2)cc1. The van der Waals surface area contributed by atoms with Crippen molar-refractivity contribution in [2.24, 2.45) is 0 Å². The number of rotatable bonds is 3. The number of piperidine rings is 1. The van der Waals surface area contributed by atoms with Crippen molar-refractivity contribution >= 4 is 17.7 Å². The first-order valence-corrected chi connectivity index (χ1v) is 9.81. The predicted molar refractivity (Wildman–Crippen MR) is 108 cm³/mol. The third-order valence-electron chi connectivity index (χ3n) is 5.67. The Labute approximate surface area is 172 Å². The van der Waals surface area contributed by atoms with E-state index in [0.717, 1.165) is 22.4 Å². The number of amides is 3. The van der Waals surface area contributed by atoms with Crippen molar-refractivity contribution in [3.8, 4) is 22.6 Å². The zero-order valence-corrected chi connectivity index (χ0v) is 16.3. The fourth-order valence-electron chi connectivity index (χ4n) is 4.00. The molecule has 1 unspecified atom stereocenters. The molecule has 0 spiro atoms. The highest BCUT2D eigenvalue weighted by Crippen LogP contribution is 2.32. The molecule has 1 fully saturated rings. The predicted octanol–water partition coefficient (Wildman–Crippen LogP) is 3.08. The van der Waals surface area contributed by atoms with Gasteiger partial charge in [0.25, 0.3) is 5.91 Å². The maximum Gasteiger partial charge on any atom is 0.255 e. The fourth-order valence-corrected chi connectivity index (χ4v) is 4.00. The highest BCUT2D eigenvalue weighted by molar-refractivity contribution is 6.05. The van der Waals surface area contributed by atoms with E-state index >= 15 is 0 Å². The Morgan fingerprint density at radius 2 is 1.80 bits per heavy atom. The molecule has 1 aromatic heterocycles. The van der Waals surface area contributed by atoms with E-state index in [-0.39, 0.29) is 18.2 Å². The van der Waals surface area contributed by atoms with Crippen molar-refractivity contribution in [1.82, 2.24) is 15.4 Å². The lowest BCUT2D eigenvalue weighted by Crippen LogP contribution is -2.52. The molecule has 2 aliphatic rings. The quantitative estimate of drug-likeness (QED) is 0.681. The van der Waals surface area contributed by atoms with Gasteiger partial charge in [0.05, 0.1) is 0 Å². The minimum Gasteiger partial charge on any atom is -0.356 e. The number of aryl methyl sites for hydroxylation is 1. The first-order valence-electron chi connectivity index (χ1n) is 9.81. The third-order valence-corrected chi connectivity index (χ3v) is 5.67. The Balaban J connectivity index is 1.40. The Bertz CT molecular complexity index is 1180. The zero-order valence-electron chi connectivity index (χ0n) is 16.3. The van der Waals surface area contributed by atoms with Crippen LogP contribution in [0.5, 0.6) is 0 Å². The Kier molecular flexibility index (Phi) is 4.24. The molecule has 2 aliphatic heterocycles. The molecule has 0 bridgehead atoms. The van der Waals surface area contributed by atoms with Crippen molar-refractivity contribution < 1.29 is 18.9 Å². The maximum absolute atomic E-state index is 12.8. The number of imide groups is 1. The number of nitrogens with zero attached hydrogens (tertiary/aromatic N) is 2. The van der Waals surface area contributed by atoms with Gasteiger partial charge in [-0.1, -0.05) is 41.1 Å². The average Bonchev–Trinajstić information content (AvgIpc) is 3.34. The molecule has 0 saturated carbocycles. The number of carbonyl (C=O) groups is 3. The van der Waals surface area contributed by atoms with Crippen LogP contribution in [0.4, 0.5) is 0 Å². The van der Waals surface area contributed by atoms with Crippen LogP contribution in [0.1, 0.15) is 34.3 Å². The van der Waals surface area contributed by atoms with Crippen molar-refractivity contribution in [1.29, 1.82) is 0 Å². The van der Waals surface area contributed by atoms with Crippen molar-refractivity contribution in [2.45, 2.75) is 32.4 Å². The van der Waals surface area contributed by atoms with Gasteiger partial charge in [0, 0.05) is 35.7 Å². The van der Waals surface area contributed by atoms with Gasteiger partial charge in [-0.15, -0.1) is 0 Å². The number of fused-ring (bicyclic) bond motifs is 1. The van der Waals surface area contributed by atoms with Gasteiger partial charge in [0.2, 0.25) is 11.8 Å². The summed E-state index contributed by atoms with van der Waals surface area (Å²) in [4.78, 5) is 37.9. The van der Waals surface area contributed by atoms with Crippen LogP contribution in [-0.4, -0.2) is 33.8 Å². The summed E-state index contributed by atoms with van der Waals surface area (Å²) in [6, 6.07) is 14.8. The molecule has 30 heavy (non-hydrogen) atoms. The summed E-state index contributed by atoms with van der Waals surface area (Å²) in [5, 5.41) is 6.49. The molecule has 5 rings (SSSR count). The van der Waals surface area contributed by atoms with Gasteiger partial charge in [-0.2, -0.15) is 0 Å². The monoisotopic (exact) mass is 401 g/mol. The zero-order chi connectivity index (χ0) is 20.8. The lowest BCUT2D eigenvalue weighted by molar-refractivity contribution is -0.136. The number of nitrogens with one attached hydrogen (secondary N) is 1. The van der Waals surface area contributed by atoms with E-state index in [1.54, 1.807) is 6.07 Å². The molecule has 0 aliphatic carbocycles. The second-order valence-electron chi connectivity index (χ2n) is 7.71. The van der Waals surface area contributed by atoms with Gasteiger partial charge < -0.3 is 9.42 Å². The summed E-state index contributed by atoms with van der Waals surface area (Å²) < 4.78 is 5.54. The van der Waals surface area contributed by atoms with Crippen molar-refractivity contribution in [3.05, 3.63) is 65.2 Å². The molecule has 1 N–H and O–H groups in total. The summed E-state index contributed by atoms with van der Waals surface area (Å²) in [5.41, 5.74) is 5.10. The van der Waals surface area contributed by atoms with Crippen LogP contribution in [0.15, 0.2) is 53.1 Å². The molecule has 2 aromatic carbocycles. The van der Waals surface area contributed by atoms with E-state index in [1.807, 2.05) is 49.4 Å². The largest absolute Gasteiger partial charge is 0.356 e. The normalized spacial score (nSPS) is 18.5. The average molecular weight is 401 g/mol. The summed E-state index contributed by atoms with van der Waals surface area (Å²) >= 11 is 0. The summed E-state index contributed by atoms with van der Waals surface area (Å²) in [6.07, 6.45) is 0.584. The summed E-state index contributed by atoms with van der Waals surface area (Å²) in [5.74, 6) is -0.285. The number of carbonyl (C=O) groups excluding carboxylic acids is 3. The van der Waals surface area contributed by atoms with Crippen LogP contribution in [0, 0.1) is 6.92 Å². The molecule has 3 amide bonds. The molecule has 1 atom stereocenters. The van der Waals surface area contributed by atoms with Gasteiger partial charge in [-0.3, -0.25) is 19.7 Å². The topological polar surface area (TPSA) is 92.5 Å². The van der Waals surface area contributed by atoms with E-state index in [4.69, 9.17) is 4.52 Å². The van der Waals surface area contributed by atoms with E-state index in [9.17, 15) is 14.4 Å². The lowest BCUT2D eigenvalue weighted by atomic mass is 10.0. The molecule has 0 radical (unpaired) electrons.